The number of rotatable bonds is 4. The zero-order valence-electron chi connectivity index (χ0n) is 15.5. The van der Waals surface area contributed by atoms with E-state index in [9.17, 15) is 9.59 Å². The number of carbonyl (C=O) groups excluding carboxylic acids is 2. The van der Waals surface area contributed by atoms with E-state index in [-0.39, 0.29) is 11.8 Å². The molecular formula is C17H24N6O3. The van der Waals surface area contributed by atoms with Crippen molar-refractivity contribution < 1.29 is 14.1 Å². The number of aryl methyl sites for hydroxylation is 2. The summed E-state index contributed by atoms with van der Waals surface area (Å²) >= 11 is 0. The summed E-state index contributed by atoms with van der Waals surface area (Å²) in [5, 5.41) is 10.6. The maximum Gasteiger partial charge on any atom is 0.257 e. The number of piperazine rings is 1. The van der Waals surface area contributed by atoms with Crippen molar-refractivity contribution >= 4 is 11.8 Å². The molecule has 0 aliphatic carbocycles. The Hall–Kier alpha value is -2.68. The lowest BCUT2D eigenvalue weighted by atomic mass is 10.1. The molecule has 26 heavy (non-hydrogen) atoms. The minimum Gasteiger partial charge on any atom is -0.361 e. The fourth-order valence-corrected chi connectivity index (χ4v) is 3.13. The van der Waals surface area contributed by atoms with Crippen LogP contribution in [-0.2, 0) is 11.3 Å². The summed E-state index contributed by atoms with van der Waals surface area (Å²) in [7, 11) is 3.64. The maximum absolute atomic E-state index is 12.9. The van der Waals surface area contributed by atoms with Gasteiger partial charge in [0.05, 0.1) is 18.3 Å². The first-order chi connectivity index (χ1) is 12.4. The Kier molecular flexibility index (Phi) is 5.08. The predicted octanol–water partition coefficient (Wildman–Crippen LogP) is 0.429. The van der Waals surface area contributed by atoms with Crippen molar-refractivity contribution in [3.8, 4) is 0 Å². The molecule has 1 atom stereocenters. The summed E-state index contributed by atoms with van der Waals surface area (Å²) in [6, 6.07) is 1.42. The number of amides is 2. The lowest BCUT2D eigenvalue weighted by Gasteiger charge is -2.39. The van der Waals surface area contributed by atoms with E-state index in [0.29, 0.717) is 43.2 Å². The second-order valence-electron chi connectivity index (χ2n) is 6.78. The molecule has 1 unspecified atom stereocenters. The van der Waals surface area contributed by atoms with Crippen LogP contribution in [0.15, 0.2) is 16.8 Å². The molecule has 2 aromatic heterocycles. The van der Waals surface area contributed by atoms with Crippen LogP contribution in [0.25, 0.3) is 0 Å². The molecule has 1 fully saturated rings. The van der Waals surface area contributed by atoms with E-state index < -0.39 is 6.04 Å². The number of carbonyl (C=O) groups is 2. The van der Waals surface area contributed by atoms with Crippen molar-refractivity contribution in [2.45, 2.75) is 26.4 Å². The third-order valence-corrected chi connectivity index (χ3v) is 4.73. The van der Waals surface area contributed by atoms with Gasteiger partial charge >= 0.3 is 0 Å². The third kappa shape index (κ3) is 3.62. The molecule has 0 aromatic carbocycles. The molecule has 0 radical (unpaired) electrons. The Balaban J connectivity index is 1.68. The molecule has 2 aromatic rings. The molecule has 3 heterocycles. The smallest absolute Gasteiger partial charge is 0.257 e. The van der Waals surface area contributed by atoms with Gasteiger partial charge in [0.2, 0.25) is 5.91 Å². The van der Waals surface area contributed by atoms with Gasteiger partial charge in [0.1, 0.15) is 17.5 Å². The molecule has 0 saturated carbocycles. The maximum atomic E-state index is 12.9. The van der Waals surface area contributed by atoms with Crippen molar-refractivity contribution in [3.05, 3.63) is 35.0 Å². The summed E-state index contributed by atoms with van der Waals surface area (Å²) < 4.78 is 5.05. The van der Waals surface area contributed by atoms with Crippen LogP contribution in [0.5, 0.6) is 0 Å². The Bertz CT molecular complexity index is 798. The third-order valence-electron chi connectivity index (χ3n) is 4.73. The van der Waals surface area contributed by atoms with E-state index >= 15 is 0 Å². The molecule has 140 valence electrons. The van der Waals surface area contributed by atoms with Crippen molar-refractivity contribution in [2.24, 2.45) is 0 Å². The highest BCUT2D eigenvalue weighted by Crippen LogP contribution is 2.16. The normalized spacial score (nSPS) is 18.2. The Morgan fingerprint density at radius 3 is 2.77 bits per heavy atom. The van der Waals surface area contributed by atoms with Crippen LogP contribution in [-0.4, -0.2) is 81.6 Å². The molecule has 1 aliphatic rings. The second-order valence-corrected chi connectivity index (χ2v) is 6.78. The van der Waals surface area contributed by atoms with Crippen LogP contribution < -0.4 is 0 Å². The second kappa shape index (κ2) is 7.28. The van der Waals surface area contributed by atoms with E-state index in [2.05, 4.69) is 15.4 Å². The van der Waals surface area contributed by atoms with Crippen LogP contribution in [0.3, 0.4) is 0 Å². The van der Waals surface area contributed by atoms with Crippen molar-refractivity contribution in [3.63, 3.8) is 0 Å². The van der Waals surface area contributed by atoms with Gasteiger partial charge in [0, 0.05) is 38.4 Å². The van der Waals surface area contributed by atoms with Crippen molar-refractivity contribution in [1.29, 1.82) is 0 Å². The van der Waals surface area contributed by atoms with Gasteiger partial charge in [-0.15, -0.1) is 0 Å². The number of nitrogens with zero attached hydrogens (tertiary/aromatic N) is 5. The molecule has 9 heteroatoms. The number of nitrogens with one attached hydrogen (secondary N) is 1. The zero-order chi connectivity index (χ0) is 18.8. The fourth-order valence-electron chi connectivity index (χ4n) is 3.13. The summed E-state index contributed by atoms with van der Waals surface area (Å²) in [5.41, 5.74) is 1.99. The van der Waals surface area contributed by atoms with E-state index in [4.69, 9.17) is 4.52 Å². The lowest BCUT2D eigenvalue weighted by molar-refractivity contribution is -0.137. The van der Waals surface area contributed by atoms with Crippen molar-refractivity contribution in [2.75, 3.05) is 33.7 Å². The van der Waals surface area contributed by atoms with E-state index in [1.807, 2.05) is 31.9 Å². The zero-order valence-corrected chi connectivity index (χ0v) is 15.5. The quantitative estimate of drug-likeness (QED) is 0.849. The van der Waals surface area contributed by atoms with Crippen LogP contribution in [0.4, 0.5) is 0 Å². The number of hydrogen-bond acceptors (Lipinski definition) is 6. The minimum atomic E-state index is -0.391. The fraction of sp³-hybridized carbons (Fsp3) is 0.529. The molecular weight excluding hydrogens is 336 g/mol. The average molecular weight is 360 g/mol. The molecule has 1 aliphatic heterocycles. The molecule has 1 saturated heterocycles. The first-order valence-corrected chi connectivity index (χ1v) is 8.53. The summed E-state index contributed by atoms with van der Waals surface area (Å²) in [4.78, 5) is 31.0. The van der Waals surface area contributed by atoms with Gasteiger partial charge in [-0.3, -0.25) is 19.6 Å². The number of aromatic nitrogens is 3. The topological polar surface area (TPSA) is 98.6 Å². The predicted molar refractivity (Wildman–Crippen MR) is 93.4 cm³/mol. The van der Waals surface area contributed by atoms with E-state index in [0.717, 1.165) is 5.69 Å². The molecule has 0 spiro atoms. The summed E-state index contributed by atoms with van der Waals surface area (Å²) in [6.07, 6.45) is 1.53. The SMILES string of the molecule is Cc1cc(CN(C)C(=O)C2CN(C(=O)c3cn[nH]c3C)CCN2C)no1. The largest absolute Gasteiger partial charge is 0.361 e. The highest BCUT2D eigenvalue weighted by atomic mass is 16.5. The van der Waals surface area contributed by atoms with Gasteiger partial charge in [-0.1, -0.05) is 5.16 Å². The highest BCUT2D eigenvalue weighted by Gasteiger charge is 2.34. The molecule has 9 nitrogen and oxygen atoms in total. The minimum absolute atomic E-state index is 0.0467. The van der Waals surface area contributed by atoms with Gasteiger partial charge in [0.15, 0.2) is 0 Å². The summed E-state index contributed by atoms with van der Waals surface area (Å²) in [6.45, 7) is 5.56. The Labute approximate surface area is 151 Å². The highest BCUT2D eigenvalue weighted by molar-refractivity contribution is 5.95. The van der Waals surface area contributed by atoms with Crippen LogP contribution in [0.2, 0.25) is 0 Å². The summed E-state index contributed by atoms with van der Waals surface area (Å²) in [5.74, 6) is 0.564. The van der Waals surface area contributed by atoms with E-state index in [1.165, 1.54) is 6.20 Å². The number of hydrogen-bond donors (Lipinski definition) is 1. The molecule has 2 amide bonds. The average Bonchev–Trinajstić information content (AvgIpc) is 3.22. The monoisotopic (exact) mass is 360 g/mol. The first kappa shape index (κ1) is 18.1. The van der Waals surface area contributed by atoms with Crippen LogP contribution >= 0.6 is 0 Å². The van der Waals surface area contributed by atoms with Crippen LogP contribution in [0, 0.1) is 13.8 Å². The number of likely N-dealkylation sites (N-methyl/N-ethyl adjacent to an activating group) is 2. The van der Waals surface area contributed by atoms with Gasteiger partial charge in [-0.25, -0.2) is 0 Å². The Morgan fingerprint density at radius 2 is 2.15 bits per heavy atom. The molecule has 3 rings (SSSR count). The lowest BCUT2D eigenvalue weighted by Crippen LogP contribution is -2.58. The van der Waals surface area contributed by atoms with Gasteiger partial charge in [-0.05, 0) is 20.9 Å². The van der Waals surface area contributed by atoms with Crippen LogP contribution in [0.1, 0.15) is 27.5 Å². The number of H-pyrrole nitrogens is 1. The molecule has 0 bridgehead atoms. The Morgan fingerprint density at radius 1 is 1.38 bits per heavy atom. The van der Waals surface area contributed by atoms with Gasteiger partial charge < -0.3 is 14.3 Å². The number of aromatic amines is 1. The molecule has 1 N–H and O–H groups in total. The van der Waals surface area contributed by atoms with Gasteiger partial charge in [-0.2, -0.15) is 5.10 Å². The van der Waals surface area contributed by atoms with Crippen molar-refractivity contribution in [1.82, 2.24) is 30.1 Å². The van der Waals surface area contributed by atoms with E-state index in [1.54, 1.807) is 16.8 Å². The standard InChI is InChI=1S/C17H24N6O3/c1-11-7-13(20-26-11)9-22(4)17(25)15-10-23(6-5-21(15)3)16(24)14-8-18-19-12(14)2/h7-8,15H,5-6,9-10H2,1-4H3,(H,18,19). The van der Waals surface area contributed by atoms with Gasteiger partial charge in [0.25, 0.3) is 5.91 Å². The first-order valence-electron chi connectivity index (χ1n) is 8.53.